The zero-order valence-electron chi connectivity index (χ0n) is 24.9. The Labute approximate surface area is 245 Å². The second kappa shape index (κ2) is 11.4. The summed E-state index contributed by atoms with van der Waals surface area (Å²) in [5, 5.41) is 1.03. The maximum atomic E-state index is 13.4. The number of fused-ring (bicyclic) bond motifs is 2. The molecule has 1 aliphatic carbocycles. The predicted octanol–water partition coefficient (Wildman–Crippen LogP) is 4.70. The van der Waals surface area contributed by atoms with E-state index in [4.69, 9.17) is 25.2 Å². The van der Waals surface area contributed by atoms with Crippen LogP contribution >= 0.6 is 0 Å². The normalized spacial score (nSPS) is 18.0. The highest BCUT2D eigenvalue weighted by atomic mass is 16.5. The number of amides is 1. The minimum Gasteiger partial charge on any atom is -0.482 e. The lowest BCUT2D eigenvalue weighted by Crippen LogP contribution is -2.45. The Morgan fingerprint density at radius 1 is 1.14 bits per heavy atom. The highest BCUT2D eigenvalue weighted by Crippen LogP contribution is 2.37. The highest BCUT2D eigenvalue weighted by Gasteiger charge is 2.28. The van der Waals surface area contributed by atoms with Crippen molar-refractivity contribution in [3.63, 3.8) is 0 Å². The number of piperidine rings is 1. The summed E-state index contributed by atoms with van der Waals surface area (Å²) in [6.07, 6.45) is 4.52. The van der Waals surface area contributed by atoms with Crippen LogP contribution in [0.5, 0.6) is 5.88 Å². The number of esters is 1. The van der Waals surface area contributed by atoms with Crippen molar-refractivity contribution in [2.75, 3.05) is 26.8 Å². The predicted molar refractivity (Wildman–Crippen MR) is 161 cm³/mol. The molecule has 5 heterocycles. The van der Waals surface area contributed by atoms with E-state index in [2.05, 4.69) is 16.7 Å². The summed E-state index contributed by atoms with van der Waals surface area (Å²) in [5.41, 5.74) is 11.9. The van der Waals surface area contributed by atoms with Gasteiger partial charge >= 0.3 is 5.97 Å². The van der Waals surface area contributed by atoms with Crippen LogP contribution in [0, 0.1) is 12.8 Å². The summed E-state index contributed by atoms with van der Waals surface area (Å²) < 4.78 is 15.2. The molecule has 1 unspecified atom stereocenters. The molecule has 10 nitrogen and oxygen atoms in total. The minimum absolute atomic E-state index is 0.00395. The first-order valence-corrected chi connectivity index (χ1v) is 15.1. The van der Waals surface area contributed by atoms with Gasteiger partial charge in [0.05, 0.1) is 31.5 Å². The van der Waals surface area contributed by atoms with E-state index in [1.165, 1.54) is 12.8 Å². The summed E-state index contributed by atoms with van der Waals surface area (Å²) in [6, 6.07) is 9.88. The monoisotopic (exact) mass is 572 g/mol. The topological polar surface area (TPSA) is 117 Å². The highest BCUT2D eigenvalue weighted by molar-refractivity contribution is 5.96. The van der Waals surface area contributed by atoms with Crippen LogP contribution in [0.2, 0.25) is 0 Å². The molecule has 0 aromatic carbocycles. The van der Waals surface area contributed by atoms with Crippen LogP contribution in [0.1, 0.15) is 73.6 Å². The molecule has 1 aliphatic heterocycles. The van der Waals surface area contributed by atoms with Gasteiger partial charge in [0.2, 0.25) is 0 Å². The summed E-state index contributed by atoms with van der Waals surface area (Å²) in [7, 11) is 1.62. The fraction of sp³-hybridized carbons (Fsp3) is 0.500. The number of nitrogens with two attached hydrogens (primary N) is 1. The van der Waals surface area contributed by atoms with Gasteiger partial charge in [0.15, 0.2) is 5.88 Å². The first kappa shape index (κ1) is 28.2. The van der Waals surface area contributed by atoms with Gasteiger partial charge in [-0.15, -0.1) is 0 Å². The molecule has 2 fully saturated rings. The van der Waals surface area contributed by atoms with E-state index in [1.54, 1.807) is 13.2 Å². The standard InChI is InChI=1S/C32H40N6O4/c1-5-42-29(39)13-19(2)25-11-10-22-14-26(37(31(22)34-25)17-21-8-9-21)30-20(3)38-27(35-30)15-23(16-28(38)41-4)32(40)36-12-6-7-24(33)18-36/h10-11,14-16,19,21,24H,5-9,12-13,17-18,33H2,1-4H3/t19?,24-/m1/s1. The second-order valence-corrected chi connectivity index (χ2v) is 11.8. The largest absolute Gasteiger partial charge is 0.482 e. The molecule has 4 aromatic rings. The first-order valence-electron chi connectivity index (χ1n) is 15.1. The van der Waals surface area contributed by atoms with Gasteiger partial charge in [0, 0.05) is 54.3 Å². The average Bonchev–Trinajstić information content (AvgIpc) is 3.65. The molecular formula is C32H40N6O4. The summed E-state index contributed by atoms with van der Waals surface area (Å²) in [5.74, 6) is 0.842. The van der Waals surface area contributed by atoms with Crippen LogP contribution < -0.4 is 10.5 Å². The molecule has 1 saturated carbocycles. The fourth-order valence-corrected chi connectivity index (χ4v) is 6.10. The molecular weight excluding hydrogens is 532 g/mol. The molecule has 0 bridgehead atoms. The Morgan fingerprint density at radius 3 is 2.67 bits per heavy atom. The summed E-state index contributed by atoms with van der Waals surface area (Å²) >= 11 is 0. The molecule has 0 radical (unpaired) electrons. The van der Waals surface area contributed by atoms with Crippen LogP contribution in [-0.2, 0) is 16.1 Å². The Balaban J connectivity index is 1.42. The van der Waals surface area contributed by atoms with Gasteiger partial charge in [-0.25, -0.2) is 9.97 Å². The number of imidazole rings is 1. The molecule has 2 N–H and O–H groups in total. The molecule has 2 atom stereocenters. The third kappa shape index (κ3) is 5.35. The van der Waals surface area contributed by atoms with Crippen molar-refractivity contribution in [1.29, 1.82) is 0 Å². The Hall–Kier alpha value is -3.92. The minimum atomic E-state index is -0.212. The number of carbonyl (C=O) groups is 2. The van der Waals surface area contributed by atoms with E-state index in [0.29, 0.717) is 42.7 Å². The Bertz CT molecular complexity index is 1650. The number of ether oxygens (including phenoxy) is 2. The average molecular weight is 573 g/mol. The van der Waals surface area contributed by atoms with E-state index in [0.717, 1.165) is 53.2 Å². The van der Waals surface area contributed by atoms with Gasteiger partial charge in [-0.3, -0.25) is 14.0 Å². The number of hydrogen-bond donors (Lipinski definition) is 1. The van der Waals surface area contributed by atoms with Gasteiger partial charge in [-0.05, 0) is 69.7 Å². The van der Waals surface area contributed by atoms with Crippen LogP contribution in [0.25, 0.3) is 28.1 Å². The van der Waals surface area contributed by atoms with Crippen molar-refractivity contribution in [2.24, 2.45) is 11.7 Å². The molecule has 2 aliphatic rings. The van der Waals surface area contributed by atoms with Crippen molar-refractivity contribution in [1.82, 2.24) is 23.8 Å². The van der Waals surface area contributed by atoms with Crippen molar-refractivity contribution in [3.05, 3.63) is 47.3 Å². The Kier molecular flexibility index (Phi) is 7.66. The molecule has 42 heavy (non-hydrogen) atoms. The first-order chi connectivity index (χ1) is 20.3. The van der Waals surface area contributed by atoms with E-state index >= 15 is 0 Å². The van der Waals surface area contributed by atoms with Gasteiger partial charge < -0.3 is 24.7 Å². The molecule has 1 saturated heterocycles. The zero-order chi connectivity index (χ0) is 29.5. The number of pyridine rings is 2. The number of hydrogen-bond acceptors (Lipinski definition) is 7. The van der Waals surface area contributed by atoms with Gasteiger partial charge in [-0.2, -0.15) is 0 Å². The molecule has 10 heteroatoms. The third-order valence-corrected chi connectivity index (χ3v) is 8.55. The van der Waals surface area contributed by atoms with Gasteiger partial charge in [0.25, 0.3) is 5.91 Å². The zero-order valence-corrected chi connectivity index (χ0v) is 24.9. The van der Waals surface area contributed by atoms with E-state index in [-0.39, 0.29) is 30.3 Å². The molecule has 1 amide bonds. The SMILES string of the molecule is CCOC(=O)CC(C)c1ccc2cc(-c3nc4cc(C(=O)N5CCC[C@@H](N)C5)cc(OC)n4c3C)n(CC3CC3)c2n1. The lowest BCUT2D eigenvalue weighted by Gasteiger charge is -2.30. The molecule has 6 rings (SSSR count). The van der Waals surface area contributed by atoms with Gasteiger partial charge in [-0.1, -0.05) is 6.92 Å². The molecule has 0 spiro atoms. The van der Waals surface area contributed by atoms with Crippen molar-refractivity contribution < 1.29 is 19.1 Å². The molecule has 222 valence electrons. The number of nitrogens with zero attached hydrogens (tertiary/aromatic N) is 5. The quantitative estimate of drug-likeness (QED) is 0.289. The fourth-order valence-electron chi connectivity index (χ4n) is 6.10. The number of aromatic nitrogens is 4. The molecule has 4 aromatic heterocycles. The maximum Gasteiger partial charge on any atom is 0.306 e. The number of aryl methyl sites for hydroxylation is 1. The summed E-state index contributed by atoms with van der Waals surface area (Å²) in [4.78, 5) is 37.6. The lowest BCUT2D eigenvalue weighted by molar-refractivity contribution is -0.143. The van der Waals surface area contributed by atoms with Gasteiger partial charge in [0.1, 0.15) is 17.0 Å². The van der Waals surface area contributed by atoms with Crippen LogP contribution in [-0.4, -0.2) is 68.6 Å². The second-order valence-electron chi connectivity index (χ2n) is 11.8. The number of rotatable bonds is 9. The maximum absolute atomic E-state index is 13.4. The van der Waals surface area contributed by atoms with Crippen molar-refractivity contribution in [3.8, 4) is 17.3 Å². The van der Waals surface area contributed by atoms with Crippen LogP contribution in [0.15, 0.2) is 30.3 Å². The lowest BCUT2D eigenvalue weighted by atomic mass is 10.0. The number of likely N-dealkylation sites (tertiary alicyclic amines) is 1. The Morgan fingerprint density at radius 2 is 1.95 bits per heavy atom. The van der Waals surface area contributed by atoms with Crippen LogP contribution in [0.3, 0.4) is 0 Å². The smallest absolute Gasteiger partial charge is 0.306 e. The van der Waals surface area contributed by atoms with Crippen molar-refractivity contribution in [2.45, 2.75) is 71.4 Å². The third-order valence-electron chi connectivity index (χ3n) is 8.55. The number of methoxy groups -OCH3 is 1. The van der Waals surface area contributed by atoms with E-state index in [1.807, 2.05) is 42.2 Å². The summed E-state index contributed by atoms with van der Waals surface area (Å²) in [6.45, 7) is 8.34. The van der Waals surface area contributed by atoms with Crippen molar-refractivity contribution >= 4 is 28.6 Å². The van der Waals surface area contributed by atoms with E-state index in [9.17, 15) is 9.59 Å². The number of carbonyl (C=O) groups excluding carboxylic acids is 2. The van der Waals surface area contributed by atoms with E-state index < -0.39 is 0 Å². The van der Waals surface area contributed by atoms with Crippen LogP contribution in [0.4, 0.5) is 0 Å².